The lowest BCUT2D eigenvalue weighted by Crippen LogP contribution is -2.57. The van der Waals surface area contributed by atoms with Crippen LogP contribution in [0, 0.1) is 35.5 Å². The van der Waals surface area contributed by atoms with E-state index in [0.29, 0.717) is 30.8 Å². The third-order valence-corrected chi connectivity index (χ3v) is 7.53. The van der Waals surface area contributed by atoms with Gasteiger partial charge in [-0.3, -0.25) is 19.7 Å². The van der Waals surface area contributed by atoms with Gasteiger partial charge in [0.1, 0.15) is 23.5 Å². The van der Waals surface area contributed by atoms with E-state index in [2.05, 4.69) is 38.2 Å². The molecule has 5 unspecified atom stereocenters. The number of carbonyl (C=O) groups excluding carboxylic acids is 3. The molecule has 1 aliphatic rings. The molecule has 10 nitrogen and oxygen atoms in total. The fourth-order valence-electron chi connectivity index (χ4n) is 5.32. The molecular weight excluding hydrogens is 544 g/mol. The highest BCUT2D eigenvalue weighted by atomic mass is 16.5. The quantitative estimate of drug-likeness (QED) is 0.169. The minimum atomic E-state index is -0.877. The monoisotopic (exact) mass is 586 g/mol. The lowest BCUT2D eigenvalue weighted by molar-refractivity contribution is -0.126. The molecule has 0 radical (unpaired) electrons. The number of methoxy groups -OCH3 is 1. The number of rotatable bonds is 14. The van der Waals surface area contributed by atoms with Crippen molar-refractivity contribution >= 4 is 28.6 Å². The Morgan fingerprint density at radius 1 is 1.26 bits per heavy atom. The van der Waals surface area contributed by atoms with E-state index in [1.807, 2.05) is 58.0 Å². The Balaban J connectivity index is 1.85. The molecule has 5 atom stereocenters. The zero-order valence-electron chi connectivity index (χ0n) is 25.5. The molecule has 1 aromatic carbocycles. The normalized spacial score (nSPS) is 18.0. The van der Waals surface area contributed by atoms with Gasteiger partial charge in [-0.2, -0.15) is 5.26 Å². The molecule has 0 spiro atoms. The Hall–Kier alpha value is -4.54. The van der Waals surface area contributed by atoms with Gasteiger partial charge in [-0.1, -0.05) is 38.0 Å². The number of terminal acetylenes is 1. The van der Waals surface area contributed by atoms with Crippen LogP contribution in [0.4, 0.5) is 0 Å². The summed E-state index contributed by atoms with van der Waals surface area (Å²) in [6, 6.07) is 6.70. The molecule has 3 rings (SSSR count). The molecule has 3 amide bonds. The molecule has 0 bridgehead atoms. The van der Waals surface area contributed by atoms with E-state index in [9.17, 15) is 19.6 Å². The molecule has 5 N–H and O–H groups in total. The first-order chi connectivity index (χ1) is 20.6. The van der Waals surface area contributed by atoms with Crippen LogP contribution in [0.2, 0.25) is 0 Å². The fourth-order valence-corrected chi connectivity index (χ4v) is 5.32. The van der Waals surface area contributed by atoms with E-state index < -0.39 is 29.9 Å². The van der Waals surface area contributed by atoms with Crippen molar-refractivity contribution in [3.8, 4) is 24.2 Å². The SMILES string of the molecule is C#C/C=C(\C=C/C)C(C)NC(C#N)C(CC1CCNC1=O)NC(=O)C(CC(C)C)NC(=O)c1cc2c(OC)cccc2[nH]1. The van der Waals surface area contributed by atoms with E-state index in [1.165, 1.54) is 0 Å². The van der Waals surface area contributed by atoms with Crippen molar-refractivity contribution in [3.05, 3.63) is 53.8 Å². The summed E-state index contributed by atoms with van der Waals surface area (Å²) in [6.45, 7) is 8.22. The molecule has 2 heterocycles. The number of aromatic nitrogens is 1. The molecule has 43 heavy (non-hydrogen) atoms. The van der Waals surface area contributed by atoms with Gasteiger partial charge in [0.2, 0.25) is 11.8 Å². The highest BCUT2D eigenvalue weighted by Crippen LogP contribution is 2.26. The molecular formula is C33H42N6O4. The Kier molecular flexibility index (Phi) is 12.0. The average Bonchev–Trinajstić information content (AvgIpc) is 3.60. The molecule has 0 aliphatic carbocycles. The molecule has 1 aliphatic heterocycles. The Bertz CT molecular complexity index is 1440. The van der Waals surface area contributed by atoms with Crippen molar-refractivity contribution in [1.29, 1.82) is 5.26 Å². The summed E-state index contributed by atoms with van der Waals surface area (Å²) in [6.07, 6.45) is 12.1. The standard InChI is InChI=1S/C33H42N6O4/c1-7-10-22(11-8-2)21(5)36-29(19-34)26(17-23-14-15-35-31(23)40)38-32(41)27(16-20(3)4)39-33(42)28-18-24-25(37-28)12-9-13-30(24)43-6/h1,8-13,18,20-21,23,26-27,29,36-37H,14-17H2,2-6H3,(H,35,40)(H,38,41)(H,39,42)/b11-8-,22-10+. The number of hydrogen-bond donors (Lipinski definition) is 5. The number of nitrogens with zero attached hydrogens (tertiary/aromatic N) is 1. The van der Waals surface area contributed by atoms with Crippen LogP contribution in [0.15, 0.2) is 48.1 Å². The van der Waals surface area contributed by atoms with E-state index in [-0.39, 0.29) is 30.2 Å². The maximum Gasteiger partial charge on any atom is 0.268 e. The van der Waals surface area contributed by atoms with Crippen LogP contribution in [0.5, 0.6) is 5.75 Å². The van der Waals surface area contributed by atoms with Crippen LogP contribution in [-0.4, -0.2) is 60.5 Å². The molecule has 1 fully saturated rings. The maximum absolute atomic E-state index is 13.8. The van der Waals surface area contributed by atoms with Gasteiger partial charge in [-0.25, -0.2) is 0 Å². The number of amides is 3. The average molecular weight is 587 g/mol. The van der Waals surface area contributed by atoms with E-state index >= 15 is 0 Å². The highest BCUT2D eigenvalue weighted by Gasteiger charge is 2.35. The summed E-state index contributed by atoms with van der Waals surface area (Å²) in [4.78, 5) is 42.7. The number of benzene rings is 1. The van der Waals surface area contributed by atoms with Crippen LogP contribution in [-0.2, 0) is 9.59 Å². The first-order valence-corrected chi connectivity index (χ1v) is 14.6. The number of ether oxygens (including phenoxy) is 1. The number of aromatic amines is 1. The topological polar surface area (TPSA) is 148 Å². The number of nitriles is 1. The number of fused-ring (bicyclic) bond motifs is 1. The second-order valence-electron chi connectivity index (χ2n) is 11.2. The summed E-state index contributed by atoms with van der Waals surface area (Å²) in [5.41, 5.74) is 1.83. The fraction of sp³-hybridized carbons (Fsp3) is 0.455. The molecule has 2 aromatic rings. The van der Waals surface area contributed by atoms with Crippen molar-refractivity contribution in [2.45, 2.75) is 71.1 Å². The molecule has 1 aromatic heterocycles. The zero-order valence-corrected chi connectivity index (χ0v) is 25.5. The number of H-pyrrole nitrogens is 1. The molecule has 0 saturated carbocycles. The van der Waals surface area contributed by atoms with Gasteiger partial charge in [0.25, 0.3) is 5.91 Å². The summed E-state index contributed by atoms with van der Waals surface area (Å²) in [5.74, 6) is 1.91. The predicted octanol–water partition coefficient (Wildman–Crippen LogP) is 3.34. The van der Waals surface area contributed by atoms with Crippen LogP contribution >= 0.6 is 0 Å². The largest absolute Gasteiger partial charge is 0.496 e. The second-order valence-corrected chi connectivity index (χ2v) is 11.2. The smallest absolute Gasteiger partial charge is 0.268 e. The van der Waals surface area contributed by atoms with Gasteiger partial charge < -0.3 is 25.7 Å². The zero-order chi connectivity index (χ0) is 31.5. The maximum atomic E-state index is 13.8. The van der Waals surface area contributed by atoms with Gasteiger partial charge in [0.15, 0.2) is 0 Å². The van der Waals surface area contributed by atoms with E-state index in [1.54, 1.807) is 19.3 Å². The lowest BCUT2D eigenvalue weighted by atomic mass is 9.92. The Morgan fingerprint density at radius 3 is 2.63 bits per heavy atom. The summed E-state index contributed by atoms with van der Waals surface area (Å²) in [5, 5.41) is 22.9. The van der Waals surface area contributed by atoms with Crippen LogP contribution in [0.25, 0.3) is 10.9 Å². The third kappa shape index (κ3) is 8.73. The highest BCUT2D eigenvalue weighted by molar-refractivity contribution is 6.01. The van der Waals surface area contributed by atoms with Crippen molar-refractivity contribution in [3.63, 3.8) is 0 Å². The number of allylic oxidation sites excluding steroid dienone is 2. The Labute approximate surface area is 253 Å². The Morgan fingerprint density at radius 2 is 2.02 bits per heavy atom. The van der Waals surface area contributed by atoms with Crippen molar-refractivity contribution in [1.82, 2.24) is 26.3 Å². The summed E-state index contributed by atoms with van der Waals surface area (Å²) < 4.78 is 5.41. The van der Waals surface area contributed by atoms with Gasteiger partial charge >= 0.3 is 0 Å². The minimum Gasteiger partial charge on any atom is -0.496 e. The van der Waals surface area contributed by atoms with Gasteiger partial charge in [0.05, 0.1) is 19.2 Å². The van der Waals surface area contributed by atoms with Crippen LogP contribution < -0.4 is 26.0 Å². The number of carbonyl (C=O) groups is 3. The van der Waals surface area contributed by atoms with Crippen molar-refractivity contribution < 1.29 is 19.1 Å². The summed E-state index contributed by atoms with van der Waals surface area (Å²) in [7, 11) is 1.56. The lowest BCUT2D eigenvalue weighted by Gasteiger charge is -2.30. The van der Waals surface area contributed by atoms with Gasteiger partial charge in [0, 0.05) is 29.4 Å². The van der Waals surface area contributed by atoms with E-state index in [4.69, 9.17) is 11.2 Å². The van der Waals surface area contributed by atoms with E-state index in [0.717, 1.165) is 16.5 Å². The van der Waals surface area contributed by atoms with Crippen LogP contribution in [0.3, 0.4) is 0 Å². The molecule has 228 valence electrons. The molecule has 1 saturated heterocycles. The first-order valence-electron chi connectivity index (χ1n) is 14.6. The third-order valence-electron chi connectivity index (χ3n) is 7.53. The van der Waals surface area contributed by atoms with Crippen molar-refractivity contribution in [2.24, 2.45) is 11.8 Å². The predicted molar refractivity (Wildman–Crippen MR) is 167 cm³/mol. The first kappa shape index (κ1) is 33.0. The van der Waals surface area contributed by atoms with Crippen molar-refractivity contribution in [2.75, 3.05) is 13.7 Å². The van der Waals surface area contributed by atoms with Crippen LogP contribution in [0.1, 0.15) is 57.4 Å². The number of hydrogen-bond acceptors (Lipinski definition) is 6. The van der Waals surface area contributed by atoms with Gasteiger partial charge in [-0.05, 0) is 68.9 Å². The number of nitrogens with one attached hydrogen (secondary N) is 5. The summed E-state index contributed by atoms with van der Waals surface area (Å²) >= 11 is 0. The minimum absolute atomic E-state index is 0.0834. The second kappa shape index (κ2) is 15.6. The molecule has 10 heteroatoms. The van der Waals surface area contributed by atoms with Gasteiger partial charge in [-0.15, -0.1) is 6.42 Å².